The Bertz CT molecular complexity index is 961. The van der Waals surface area contributed by atoms with Gasteiger partial charge in [0.05, 0.1) is 28.6 Å². The van der Waals surface area contributed by atoms with Crippen molar-refractivity contribution in [2.45, 2.75) is 39.7 Å². The van der Waals surface area contributed by atoms with Crippen LogP contribution in [0.15, 0.2) is 35.1 Å². The number of carbonyl (C=O) groups is 1. The number of aromatic nitrogens is 4. The minimum Gasteiger partial charge on any atom is -0.361 e. The van der Waals surface area contributed by atoms with Crippen LogP contribution in [0, 0.1) is 20.8 Å². The molecular formula is C20H21N5O2. The third kappa shape index (κ3) is 3.20. The minimum absolute atomic E-state index is 0.0116. The highest BCUT2D eigenvalue weighted by molar-refractivity contribution is 5.94. The predicted molar refractivity (Wildman–Crippen MR) is 99.0 cm³/mol. The zero-order valence-corrected chi connectivity index (χ0v) is 15.6. The molecule has 7 heteroatoms. The smallest absolute Gasteiger partial charge is 0.255 e. The summed E-state index contributed by atoms with van der Waals surface area (Å²) < 4.78 is 5.24. The van der Waals surface area contributed by atoms with Crippen LogP contribution in [-0.4, -0.2) is 37.5 Å². The first kappa shape index (κ1) is 17.3. The molecule has 0 bridgehead atoms. The van der Waals surface area contributed by atoms with Gasteiger partial charge in [0.1, 0.15) is 5.76 Å². The molecule has 138 valence electrons. The molecule has 4 heterocycles. The second-order valence-electron chi connectivity index (χ2n) is 6.85. The Morgan fingerprint density at radius 2 is 2.04 bits per heavy atom. The maximum absolute atomic E-state index is 13.0. The molecule has 0 N–H and O–H groups in total. The van der Waals surface area contributed by atoms with Crippen molar-refractivity contribution in [1.29, 1.82) is 0 Å². The van der Waals surface area contributed by atoms with E-state index in [-0.39, 0.29) is 11.9 Å². The molecule has 0 unspecified atom stereocenters. The van der Waals surface area contributed by atoms with Crippen LogP contribution in [0.4, 0.5) is 0 Å². The molecule has 0 aromatic carbocycles. The van der Waals surface area contributed by atoms with E-state index in [0.29, 0.717) is 23.7 Å². The van der Waals surface area contributed by atoms with Gasteiger partial charge in [0, 0.05) is 24.6 Å². The summed E-state index contributed by atoms with van der Waals surface area (Å²) in [4.78, 5) is 28.2. The fraction of sp³-hybridized carbons (Fsp3) is 0.350. The topological polar surface area (TPSA) is 85.0 Å². The average molecular weight is 363 g/mol. The van der Waals surface area contributed by atoms with Gasteiger partial charge in [-0.15, -0.1) is 0 Å². The summed E-state index contributed by atoms with van der Waals surface area (Å²) in [7, 11) is 0. The van der Waals surface area contributed by atoms with Gasteiger partial charge in [0.2, 0.25) is 0 Å². The zero-order valence-electron chi connectivity index (χ0n) is 15.6. The van der Waals surface area contributed by atoms with Crippen LogP contribution in [0.25, 0.3) is 11.4 Å². The maximum Gasteiger partial charge on any atom is 0.255 e. The average Bonchev–Trinajstić information content (AvgIpc) is 3.29. The van der Waals surface area contributed by atoms with E-state index < -0.39 is 0 Å². The highest BCUT2D eigenvalue weighted by Crippen LogP contribution is 2.33. The van der Waals surface area contributed by atoms with Crippen molar-refractivity contribution >= 4 is 5.91 Å². The van der Waals surface area contributed by atoms with Crippen LogP contribution >= 0.6 is 0 Å². The lowest BCUT2D eigenvalue weighted by Gasteiger charge is -2.24. The molecule has 27 heavy (non-hydrogen) atoms. The molecule has 1 aliphatic rings. The highest BCUT2D eigenvalue weighted by atomic mass is 16.5. The number of amides is 1. The molecule has 0 aliphatic carbocycles. The molecule has 4 rings (SSSR count). The molecular weight excluding hydrogens is 342 g/mol. The van der Waals surface area contributed by atoms with Crippen molar-refractivity contribution in [1.82, 2.24) is 25.0 Å². The summed E-state index contributed by atoms with van der Waals surface area (Å²) in [5.74, 6) is 1.26. The van der Waals surface area contributed by atoms with E-state index in [1.165, 1.54) is 0 Å². The summed E-state index contributed by atoms with van der Waals surface area (Å²) >= 11 is 0. The number of hydrogen-bond donors (Lipinski definition) is 0. The first-order valence-corrected chi connectivity index (χ1v) is 9.04. The number of likely N-dealkylation sites (tertiary alicyclic amines) is 1. The third-order valence-corrected chi connectivity index (χ3v) is 4.95. The van der Waals surface area contributed by atoms with Gasteiger partial charge in [-0.3, -0.25) is 9.78 Å². The second-order valence-corrected chi connectivity index (χ2v) is 6.85. The van der Waals surface area contributed by atoms with Gasteiger partial charge in [0.25, 0.3) is 5.91 Å². The Morgan fingerprint density at radius 1 is 1.19 bits per heavy atom. The molecule has 7 nitrogen and oxygen atoms in total. The predicted octanol–water partition coefficient (Wildman–Crippen LogP) is 3.43. The van der Waals surface area contributed by atoms with Crippen molar-refractivity contribution in [3.05, 3.63) is 59.0 Å². The molecule has 0 radical (unpaired) electrons. The van der Waals surface area contributed by atoms with Crippen LogP contribution < -0.4 is 0 Å². The van der Waals surface area contributed by atoms with Gasteiger partial charge in [-0.25, -0.2) is 9.97 Å². The second kappa shape index (κ2) is 6.90. The highest BCUT2D eigenvalue weighted by Gasteiger charge is 2.32. The van der Waals surface area contributed by atoms with E-state index in [4.69, 9.17) is 9.51 Å². The lowest BCUT2D eigenvalue weighted by atomic mass is 10.1. The quantitative estimate of drug-likeness (QED) is 0.709. The van der Waals surface area contributed by atoms with E-state index in [9.17, 15) is 4.79 Å². The Hall–Kier alpha value is -3.09. The molecule has 1 atom stereocenters. The maximum atomic E-state index is 13.0. The fourth-order valence-electron chi connectivity index (χ4n) is 3.56. The van der Waals surface area contributed by atoms with Gasteiger partial charge in [-0.1, -0.05) is 5.16 Å². The first-order chi connectivity index (χ1) is 13.0. The van der Waals surface area contributed by atoms with Crippen molar-refractivity contribution < 1.29 is 9.32 Å². The fourth-order valence-corrected chi connectivity index (χ4v) is 3.56. The summed E-state index contributed by atoms with van der Waals surface area (Å²) in [5.41, 5.74) is 3.91. The van der Waals surface area contributed by atoms with Crippen molar-refractivity contribution in [2.75, 3.05) is 6.54 Å². The van der Waals surface area contributed by atoms with Crippen LogP contribution in [-0.2, 0) is 0 Å². The van der Waals surface area contributed by atoms with Gasteiger partial charge >= 0.3 is 0 Å². The van der Waals surface area contributed by atoms with Gasteiger partial charge in [-0.05, 0) is 51.8 Å². The molecule has 0 saturated carbocycles. The van der Waals surface area contributed by atoms with E-state index in [1.807, 2.05) is 43.9 Å². The molecule has 0 spiro atoms. The number of hydrogen-bond acceptors (Lipinski definition) is 6. The first-order valence-electron chi connectivity index (χ1n) is 9.04. The number of rotatable bonds is 3. The summed E-state index contributed by atoms with van der Waals surface area (Å²) in [6, 6.07) is 5.50. The molecule has 1 fully saturated rings. The van der Waals surface area contributed by atoms with E-state index >= 15 is 0 Å². The van der Waals surface area contributed by atoms with E-state index in [0.717, 1.165) is 35.5 Å². The number of aryl methyl sites for hydroxylation is 3. The summed E-state index contributed by atoms with van der Waals surface area (Å²) in [6.07, 6.45) is 5.20. The Morgan fingerprint density at radius 3 is 2.74 bits per heavy atom. The molecule has 1 saturated heterocycles. The minimum atomic E-state index is -0.0685. The van der Waals surface area contributed by atoms with E-state index in [2.05, 4.69) is 15.1 Å². The molecule has 3 aromatic heterocycles. The van der Waals surface area contributed by atoms with Crippen molar-refractivity contribution in [3.8, 4) is 11.4 Å². The standard InChI is InChI=1S/C20H21N5O2/c1-12-6-7-15(11-22-12)20(26)25-10-4-5-17(25)16-8-9-21-19(23-16)18-13(2)24-27-14(18)3/h6-9,11,17H,4-5,10H2,1-3H3/t17-/m0/s1. The normalized spacial score (nSPS) is 16.7. The van der Waals surface area contributed by atoms with Crippen LogP contribution in [0.3, 0.4) is 0 Å². The van der Waals surface area contributed by atoms with Gasteiger partial charge < -0.3 is 9.42 Å². The van der Waals surface area contributed by atoms with Crippen molar-refractivity contribution in [3.63, 3.8) is 0 Å². The Balaban J connectivity index is 1.65. The number of nitrogens with zero attached hydrogens (tertiary/aromatic N) is 5. The third-order valence-electron chi connectivity index (χ3n) is 4.95. The number of pyridine rings is 1. The van der Waals surface area contributed by atoms with E-state index in [1.54, 1.807) is 12.4 Å². The lowest BCUT2D eigenvalue weighted by molar-refractivity contribution is 0.0732. The summed E-state index contributed by atoms with van der Waals surface area (Å²) in [6.45, 7) is 6.34. The number of carbonyl (C=O) groups excluding carboxylic acids is 1. The van der Waals surface area contributed by atoms with Crippen LogP contribution in [0.2, 0.25) is 0 Å². The summed E-state index contributed by atoms with van der Waals surface area (Å²) in [5, 5.41) is 3.98. The van der Waals surface area contributed by atoms with Gasteiger partial charge in [0.15, 0.2) is 5.82 Å². The Labute approximate surface area is 157 Å². The monoisotopic (exact) mass is 363 g/mol. The zero-order chi connectivity index (χ0) is 19.0. The largest absolute Gasteiger partial charge is 0.361 e. The Kier molecular flexibility index (Phi) is 4.43. The van der Waals surface area contributed by atoms with Crippen LogP contribution in [0.1, 0.15) is 52.1 Å². The molecule has 1 amide bonds. The van der Waals surface area contributed by atoms with Gasteiger partial charge in [-0.2, -0.15) is 0 Å². The van der Waals surface area contributed by atoms with Crippen LogP contribution in [0.5, 0.6) is 0 Å². The molecule has 1 aliphatic heterocycles. The molecule has 3 aromatic rings. The lowest BCUT2D eigenvalue weighted by Crippen LogP contribution is -2.31. The SMILES string of the molecule is Cc1ccc(C(=O)N2CCC[C@H]2c2ccnc(-c3c(C)noc3C)n2)cn1. The van der Waals surface area contributed by atoms with Crippen molar-refractivity contribution in [2.24, 2.45) is 0 Å².